The lowest BCUT2D eigenvalue weighted by Gasteiger charge is -2.35. The van der Waals surface area contributed by atoms with E-state index in [1.54, 1.807) is 17.6 Å². The minimum Gasteiger partial charge on any atom is -0.357 e. The Morgan fingerprint density at radius 3 is 2.58 bits per heavy atom. The molecule has 2 aliphatic rings. The molecule has 0 bridgehead atoms. The summed E-state index contributed by atoms with van der Waals surface area (Å²) in [6.07, 6.45) is 6.32. The number of nitriles is 1. The second-order valence-corrected chi connectivity index (χ2v) is 9.73. The number of nitrogens with zero attached hydrogens (tertiary/aromatic N) is 4. The molecule has 0 N–H and O–H groups in total. The summed E-state index contributed by atoms with van der Waals surface area (Å²) in [7, 11) is 0. The smallest absolute Gasteiger partial charge is 0.270 e. The molecule has 1 aromatic rings. The number of anilines is 1. The Hall–Kier alpha value is -2.37. The van der Waals surface area contributed by atoms with Gasteiger partial charge in [-0.3, -0.25) is 19.1 Å². The summed E-state index contributed by atoms with van der Waals surface area (Å²) >= 11 is 6.63. The maximum absolute atomic E-state index is 13.2. The molecule has 1 amide bonds. The minimum atomic E-state index is -0.258. The van der Waals surface area contributed by atoms with E-state index in [1.807, 2.05) is 13.0 Å². The average molecular weight is 457 g/mol. The van der Waals surface area contributed by atoms with Gasteiger partial charge in [0.05, 0.1) is 4.91 Å². The molecule has 0 spiro atoms. The van der Waals surface area contributed by atoms with E-state index in [4.69, 9.17) is 12.2 Å². The van der Waals surface area contributed by atoms with E-state index in [-0.39, 0.29) is 17.0 Å². The molecule has 1 aromatic heterocycles. The molecule has 0 saturated carbocycles. The van der Waals surface area contributed by atoms with Crippen LogP contribution in [0.25, 0.3) is 6.08 Å². The van der Waals surface area contributed by atoms with Crippen LogP contribution in [0, 0.1) is 24.2 Å². The monoisotopic (exact) mass is 456 g/mol. The standard InChI is InChI=1S/C23H28N4O2S2/c1-5-9-26-20(25-11-7-15(3)8-12-25)17(16(4)18(14-24)21(26)28)13-19-22(29)27(10-6-2)23(30)31-19/h6,13,15H,2,5,7-12H2,1,3-4H3/b19-13+. The van der Waals surface area contributed by atoms with E-state index in [0.717, 1.165) is 43.7 Å². The molecule has 0 aromatic carbocycles. The fourth-order valence-electron chi connectivity index (χ4n) is 4.05. The van der Waals surface area contributed by atoms with E-state index in [9.17, 15) is 14.9 Å². The SMILES string of the molecule is C=CCN1C(=O)/C(=C\c2c(C)c(C#N)c(=O)n(CCC)c2N2CCC(C)CC2)SC1=S. The molecule has 0 aliphatic carbocycles. The normalized spacial score (nSPS) is 18.7. The van der Waals surface area contributed by atoms with Crippen molar-refractivity contribution in [2.45, 2.75) is 46.6 Å². The van der Waals surface area contributed by atoms with Crippen molar-refractivity contribution in [3.8, 4) is 6.07 Å². The lowest BCUT2D eigenvalue weighted by atomic mass is 9.97. The van der Waals surface area contributed by atoms with E-state index < -0.39 is 0 Å². The summed E-state index contributed by atoms with van der Waals surface area (Å²) < 4.78 is 2.21. The summed E-state index contributed by atoms with van der Waals surface area (Å²) in [5.74, 6) is 1.28. The number of hydrogen-bond acceptors (Lipinski definition) is 6. The van der Waals surface area contributed by atoms with Gasteiger partial charge in [-0.05, 0) is 43.7 Å². The average Bonchev–Trinajstić information content (AvgIpc) is 3.01. The van der Waals surface area contributed by atoms with Gasteiger partial charge in [-0.1, -0.05) is 43.9 Å². The van der Waals surface area contributed by atoms with Crippen LogP contribution in [0.5, 0.6) is 0 Å². The first-order chi connectivity index (χ1) is 14.8. The molecule has 0 atom stereocenters. The van der Waals surface area contributed by atoms with Gasteiger partial charge < -0.3 is 4.90 Å². The Kier molecular flexibility index (Phi) is 7.39. The van der Waals surface area contributed by atoms with Crippen LogP contribution >= 0.6 is 24.0 Å². The summed E-state index contributed by atoms with van der Waals surface area (Å²) in [4.78, 5) is 30.4. The lowest BCUT2D eigenvalue weighted by Crippen LogP contribution is -2.39. The van der Waals surface area contributed by atoms with Crippen LogP contribution in [0.2, 0.25) is 0 Å². The zero-order valence-electron chi connectivity index (χ0n) is 18.3. The summed E-state index contributed by atoms with van der Waals surface area (Å²) in [6, 6.07) is 2.09. The quantitative estimate of drug-likeness (QED) is 0.365. The number of thioether (sulfide) groups is 1. The molecule has 2 saturated heterocycles. The fourth-order valence-corrected chi connectivity index (χ4v) is 5.31. The molecule has 31 heavy (non-hydrogen) atoms. The van der Waals surface area contributed by atoms with Gasteiger partial charge in [0.15, 0.2) is 0 Å². The van der Waals surface area contributed by atoms with Gasteiger partial charge in [0.1, 0.15) is 21.8 Å². The van der Waals surface area contributed by atoms with Gasteiger partial charge in [0, 0.05) is 31.7 Å². The Bertz CT molecular complexity index is 1040. The zero-order valence-corrected chi connectivity index (χ0v) is 19.9. The van der Waals surface area contributed by atoms with Crippen LogP contribution < -0.4 is 10.5 Å². The number of thiocarbonyl (C=S) groups is 1. The predicted molar refractivity (Wildman–Crippen MR) is 131 cm³/mol. The molecule has 3 rings (SSSR count). The maximum Gasteiger partial charge on any atom is 0.270 e. The largest absolute Gasteiger partial charge is 0.357 e. The number of hydrogen-bond donors (Lipinski definition) is 0. The fraction of sp³-hybridized carbons (Fsp3) is 0.478. The topological polar surface area (TPSA) is 69.3 Å². The van der Waals surface area contributed by atoms with Gasteiger partial charge in [-0.15, -0.1) is 6.58 Å². The van der Waals surface area contributed by atoms with E-state index in [2.05, 4.69) is 24.5 Å². The zero-order chi connectivity index (χ0) is 22.7. The number of carbonyl (C=O) groups excluding carboxylic acids is 1. The number of carbonyl (C=O) groups is 1. The van der Waals surface area contributed by atoms with Crippen molar-refractivity contribution in [3.63, 3.8) is 0 Å². The first kappa shape index (κ1) is 23.3. The first-order valence-corrected chi connectivity index (χ1v) is 11.8. The van der Waals surface area contributed by atoms with Gasteiger partial charge in [-0.2, -0.15) is 5.26 Å². The third kappa shape index (κ3) is 4.48. The van der Waals surface area contributed by atoms with Crippen molar-refractivity contribution >= 4 is 46.1 Å². The molecule has 0 radical (unpaired) electrons. The van der Waals surface area contributed by atoms with Crippen LogP contribution in [0.15, 0.2) is 22.4 Å². The van der Waals surface area contributed by atoms with Crippen molar-refractivity contribution in [2.24, 2.45) is 5.92 Å². The lowest BCUT2D eigenvalue weighted by molar-refractivity contribution is -0.121. The van der Waals surface area contributed by atoms with Crippen molar-refractivity contribution in [2.75, 3.05) is 24.5 Å². The van der Waals surface area contributed by atoms with Crippen molar-refractivity contribution in [1.29, 1.82) is 5.26 Å². The van der Waals surface area contributed by atoms with Gasteiger partial charge in [-0.25, -0.2) is 0 Å². The number of amides is 1. The molecule has 2 aliphatic heterocycles. The van der Waals surface area contributed by atoms with E-state index >= 15 is 0 Å². The van der Waals surface area contributed by atoms with Crippen molar-refractivity contribution in [1.82, 2.24) is 9.47 Å². The number of rotatable bonds is 6. The molecule has 0 unspecified atom stereocenters. The van der Waals surface area contributed by atoms with Crippen LogP contribution in [0.4, 0.5) is 5.82 Å². The molecule has 164 valence electrons. The van der Waals surface area contributed by atoms with Gasteiger partial charge >= 0.3 is 0 Å². The first-order valence-electron chi connectivity index (χ1n) is 10.6. The Balaban J connectivity index is 2.23. The highest BCUT2D eigenvalue weighted by atomic mass is 32.2. The Morgan fingerprint density at radius 2 is 2.00 bits per heavy atom. The molecular weight excluding hydrogens is 428 g/mol. The van der Waals surface area contributed by atoms with Crippen LogP contribution in [0.1, 0.15) is 49.8 Å². The van der Waals surface area contributed by atoms with Crippen molar-refractivity contribution in [3.05, 3.63) is 44.6 Å². The third-order valence-electron chi connectivity index (χ3n) is 5.84. The minimum absolute atomic E-state index is 0.135. The van der Waals surface area contributed by atoms with E-state index in [1.165, 1.54) is 16.7 Å². The molecule has 6 nitrogen and oxygen atoms in total. The molecular formula is C23H28N4O2S2. The summed E-state index contributed by atoms with van der Waals surface area (Å²) in [5, 5.41) is 9.71. The van der Waals surface area contributed by atoms with Crippen LogP contribution in [0.3, 0.4) is 0 Å². The number of pyridine rings is 1. The summed E-state index contributed by atoms with van der Waals surface area (Å²) in [6.45, 7) is 12.3. The number of piperidine rings is 1. The van der Waals surface area contributed by atoms with Gasteiger partial charge in [0.2, 0.25) is 0 Å². The maximum atomic E-state index is 13.2. The molecule has 3 heterocycles. The Labute approximate surface area is 193 Å². The van der Waals surface area contributed by atoms with Crippen molar-refractivity contribution < 1.29 is 4.79 Å². The Morgan fingerprint density at radius 1 is 1.32 bits per heavy atom. The predicted octanol–water partition coefficient (Wildman–Crippen LogP) is 4.06. The third-order valence-corrected chi connectivity index (χ3v) is 7.22. The highest BCUT2D eigenvalue weighted by Crippen LogP contribution is 2.36. The second kappa shape index (κ2) is 9.84. The van der Waals surface area contributed by atoms with E-state index in [0.29, 0.717) is 33.8 Å². The highest BCUT2D eigenvalue weighted by molar-refractivity contribution is 8.26. The summed E-state index contributed by atoms with van der Waals surface area (Å²) in [5.41, 5.74) is 1.25. The van der Waals surface area contributed by atoms with Gasteiger partial charge in [0.25, 0.3) is 11.5 Å². The molecule has 2 fully saturated rings. The van der Waals surface area contributed by atoms with Crippen LogP contribution in [-0.4, -0.2) is 39.3 Å². The molecule has 8 heteroatoms. The second-order valence-electron chi connectivity index (χ2n) is 8.06. The number of aromatic nitrogens is 1. The van der Waals surface area contributed by atoms with Crippen LogP contribution in [-0.2, 0) is 11.3 Å². The highest BCUT2D eigenvalue weighted by Gasteiger charge is 2.33.